The average molecular weight is 221 g/mol. The Morgan fingerprint density at radius 3 is 2.31 bits per heavy atom. The fourth-order valence-electron chi connectivity index (χ4n) is 1.16. The van der Waals surface area contributed by atoms with Crippen LogP contribution in [0.5, 0.6) is 0 Å². The van der Waals surface area contributed by atoms with E-state index in [1.165, 1.54) is 6.92 Å². The molecule has 2 N–H and O–H groups in total. The first-order valence-electron chi connectivity index (χ1n) is 5.13. The molecule has 0 unspecified atom stereocenters. The Kier molecular flexibility index (Phi) is 4.05. The van der Waals surface area contributed by atoms with Gasteiger partial charge in [-0.25, -0.2) is 4.79 Å². The molecular formula is C12H15NO3. The average Bonchev–Trinajstić information content (AvgIpc) is 2.28. The Hall–Kier alpha value is -1.84. The van der Waals surface area contributed by atoms with Gasteiger partial charge in [-0.2, -0.15) is 0 Å². The summed E-state index contributed by atoms with van der Waals surface area (Å²) in [6, 6.07) is 7.06. The molecule has 0 spiro atoms. The standard InChI is InChI=1S/C12H15NO3/c1-3-9-4-6-10(7-5-9)12(15)16-8(2)11(13)14/h4-8H,3H2,1-2H3,(H2,13,14)/t8-/m1/s1. The van der Waals surface area contributed by atoms with Crippen molar-refractivity contribution in [3.8, 4) is 0 Å². The molecule has 1 aromatic carbocycles. The van der Waals surface area contributed by atoms with E-state index in [1.807, 2.05) is 19.1 Å². The molecule has 1 aromatic rings. The van der Waals surface area contributed by atoms with Gasteiger partial charge in [0.1, 0.15) is 0 Å². The van der Waals surface area contributed by atoms with Crippen LogP contribution in [0.1, 0.15) is 29.8 Å². The summed E-state index contributed by atoms with van der Waals surface area (Å²) in [4.78, 5) is 22.2. The number of benzene rings is 1. The van der Waals surface area contributed by atoms with Crippen molar-refractivity contribution >= 4 is 11.9 Å². The third-order valence-corrected chi connectivity index (χ3v) is 2.28. The van der Waals surface area contributed by atoms with Crippen LogP contribution in [-0.2, 0) is 16.0 Å². The van der Waals surface area contributed by atoms with E-state index in [4.69, 9.17) is 10.5 Å². The number of primary amides is 1. The fraction of sp³-hybridized carbons (Fsp3) is 0.333. The van der Waals surface area contributed by atoms with Crippen molar-refractivity contribution in [2.24, 2.45) is 5.73 Å². The minimum absolute atomic E-state index is 0.422. The summed E-state index contributed by atoms with van der Waals surface area (Å²) in [6.07, 6.45) is 0.00543. The van der Waals surface area contributed by atoms with Crippen LogP contribution >= 0.6 is 0 Å². The Labute approximate surface area is 94.4 Å². The van der Waals surface area contributed by atoms with Crippen molar-refractivity contribution < 1.29 is 14.3 Å². The Balaban J connectivity index is 2.69. The first-order valence-corrected chi connectivity index (χ1v) is 5.13. The van der Waals surface area contributed by atoms with Crippen molar-refractivity contribution in [2.45, 2.75) is 26.4 Å². The maximum absolute atomic E-state index is 11.5. The van der Waals surface area contributed by atoms with E-state index in [0.29, 0.717) is 5.56 Å². The zero-order chi connectivity index (χ0) is 12.1. The van der Waals surface area contributed by atoms with E-state index in [-0.39, 0.29) is 0 Å². The van der Waals surface area contributed by atoms with Gasteiger partial charge < -0.3 is 10.5 Å². The summed E-state index contributed by atoms with van der Waals surface area (Å²) in [5.74, 6) is -1.19. The number of rotatable bonds is 4. The summed E-state index contributed by atoms with van der Waals surface area (Å²) >= 11 is 0. The SMILES string of the molecule is CCc1ccc(C(=O)O[C@H](C)C(N)=O)cc1. The number of hydrogen-bond acceptors (Lipinski definition) is 3. The maximum atomic E-state index is 11.5. The zero-order valence-electron chi connectivity index (χ0n) is 9.40. The molecule has 4 heteroatoms. The van der Waals surface area contributed by atoms with Crippen molar-refractivity contribution in [3.05, 3.63) is 35.4 Å². The summed E-state index contributed by atoms with van der Waals surface area (Å²) in [7, 11) is 0. The molecule has 1 rings (SSSR count). The largest absolute Gasteiger partial charge is 0.449 e. The van der Waals surface area contributed by atoms with Crippen molar-refractivity contribution in [1.82, 2.24) is 0 Å². The van der Waals surface area contributed by atoms with E-state index < -0.39 is 18.0 Å². The van der Waals surface area contributed by atoms with Gasteiger partial charge in [0.25, 0.3) is 5.91 Å². The van der Waals surface area contributed by atoms with Crippen LogP contribution in [0.4, 0.5) is 0 Å². The number of carbonyl (C=O) groups is 2. The van der Waals surface area contributed by atoms with E-state index in [9.17, 15) is 9.59 Å². The van der Waals surface area contributed by atoms with Gasteiger partial charge in [0, 0.05) is 0 Å². The van der Waals surface area contributed by atoms with E-state index >= 15 is 0 Å². The number of hydrogen-bond donors (Lipinski definition) is 1. The smallest absolute Gasteiger partial charge is 0.338 e. The third kappa shape index (κ3) is 3.08. The van der Waals surface area contributed by atoms with Crippen molar-refractivity contribution in [2.75, 3.05) is 0 Å². The third-order valence-electron chi connectivity index (χ3n) is 2.28. The second-order valence-electron chi connectivity index (χ2n) is 3.50. The van der Waals surface area contributed by atoms with Gasteiger partial charge in [-0.1, -0.05) is 19.1 Å². The van der Waals surface area contributed by atoms with Crippen molar-refractivity contribution in [3.63, 3.8) is 0 Å². The molecule has 4 nitrogen and oxygen atoms in total. The monoisotopic (exact) mass is 221 g/mol. The van der Waals surface area contributed by atoms with Crippen LogP contribution in [0.2, 0.25) is 0 Å². The molecule has 0 aromatic heterocycles. The minimum Gasteiger partial charge on any atom is -0.449 e. The van der Waals surface area contributed by atoms with Crippen LogP contribution in [0.25, 0.3) is 0 Å². The lowest BCUT2D eigenvalue weighted by molar-refractivity contribution is -0.125. The lowest BCUT2D eigenvalue weighted by Gasteiger charge is -2.09. The summed E-state index contributed by atoms with van der Waals surface area (Å²) in [5, 5.41) is 0. The molecule has 0 heterocycles. The second-order valence-corrected chi connectivity index (χ2v) is 3.50. The predicted octanol–water partition coefficient (Wildman–Crippen LogP) is 1.28. The lowest BCUT2D eigenvalue weighted by Crippen LogP contribution is -2.30. The molecule has 0 radical (unpaired) electrons. The maximum Gasteiger partial charge on any atom is 0.338 e. The van der Waals surface area contributed by atoms with Crippen LogP contribution in [0.3, 0.4) is 0 Å². The Morgan fingerprint density at radius 1 is 1.31 bits per heavy atom. The fourth-order valence-corrected chi connectivity index (χ4v) is 1.16. The molecule has 16 heavy (non-hydrogen) atoms. The Morgan fingerprint density at radius 2 is 1.88 bits per heavy atom. The first-order chi connectivity index (χ1) is 7.54. The molecule has 0 fully saturated rings. The second kappa shape index (κ2) is 5.30. The van der Waals surface area contributed by atoms with E-state index in [2.05, 4.69) is 0 Å². The topological polar surface area (TPSA) is 69.4 Å². The van der Waals surface area contributed by atoms with Gasteiger partial charge in [-0.3, -0.25) is 4.79 Å². The normalized spacial score (nSPS) is 11.9. The van der Waals surface area contributed by atoms with Gasteiger partial charge in [-0.15, -0.1) is 0 Å². The lowest BCUT2D eigenvalue weighted by atomic mass is 10.1. The highest BCUT2D eigenvalue weighted by atomic mass is 16.5. The molecule has 0 bridgehead atoms. The highest BCUT2D eigenvalue weighted by molar-refractivity contribution is 5.91. The highest BCUT2D eigenvalue weighted by Gasteiger charge is 2.15. The zero-order valence-corrected chi connectivity index (χ0v) is 9.40. The van der Waals surface area contributed by atoms with Gasteiger partial charge in [-0.05, 0) is 31.0 Å². The highest BCUT2D eigenvalue weighted by Crippen LogP contribution is 2.07. The predicted molar refractivity (Wildman–Crippen MR) is 59.9 cm³/mol. The molecule has 0 saturated heterocycles. The van der Waals surface area contributed by atoms with Gasteiger partial charge in [0.2, 0.25) is 0 Å². The van der Waals surface area contributed by atoms with Gasteiger partial charge >= 0.3 is 5.97 Å². The quantitative estimate of drug-likeness (QED) is 0.778. The first kappa shape index (κ1) is 12.2. The molecule has 0 saturated carbocycles. The molecule has 0 aliphatic rings. The summed E-state index contributed by atoms with van der Waals surface area (Å²) < 4.78 is 4.86. The van der Waals surface area contributed by atoms with E-state index in [0.717, 1.165) is 12.0 Å². The summed E-state index contributed by atoms with van der Waals surface area (Å²) in [6.45, 7) is 3.48. The van der Waals surface area contributed by atoms with Crippen LogP contribution in [0.15, 0.2) is 24.3 Å². The number of amides is 1. The van der Waals surface area contributed by atoms with Crippen LogP contribution in [0, 0.1) is 0 Å². The molecule has 0 aliphatic heterocycles. The number of carbonyl (C=O) groups excluding carboxylic acids is 2. The number of aryl methyl sites for hydroxylation is 1. The number of ether oxygens (including phenoxy) is 1. The summed E-state index contributed by atoms with van der Waals surface area (Å²) in [5.41, 5.74) is 6.55. The molecule has 86 valence electrons. The molecule has 1 atom stereocenters. The molecule has 1 amide bonds. The minimum atomic E-state index is -0.904. The molecular weight excluding hydrogens is 206 g/mol. The van der Waals surface area contributed by atoms with Gasteiger partial charge in [0.15, 0.2) is 6.10 Å². The van der Waals surface area contributed by atoms with E-state index in [1.54, 1.807) is 12.1 Å². The van der Waals surface area contributed by atoms with Crippen LogP contribution in [-0.4, -0.2) is 18.0 Å². The van der Waals surface area contributed by atoms with Crippen LogP contribution < -0.4 is 5.73 Å². The van der Waals surface area contributed by atoms with Gasteiger partial charge in [0.05, 0.1) is 5.56 Å². The van der Waals surface area contributed by atoms with Crippen molar-refractivity contribution in [1.29, 1.82) is 0 Å². The number of nitrogens with two attached hydrogens (primary N) is 1. The Bertz CT molecular complexity index is 384. The molecule has 0 aliphatic carbocycles. The number of esters is 1.